The van der Waals surface area contributed by atoms with Gasteiger partial charge in [-0.1, -0.05) is 6.92 Å². The van der Waals surface area contributed by atoms with Gasteiger partial charge in [-0.25, -0.2) is 4.98 Å². The molecule has 112 valence electrons. The molecule has 2 aromatic rings. The molecule has 5 nitrogen and oxygen atoms in total. The molecule has 1 amide bonds. The fourth-order valence-corrected chi connectivity index (χ4v) is 3.60. The maximum absolute atomic E-state index is 12.6. The van der Waals surface area contributed by atoms with Crippen molar-refractivity contribution in [3.8, 4) is 0 Å². The highest BCUT2D eigenvalue weighted by molar-refractivity contribution is 7.13. The molecule has 1 aliphatic heterocycles. The summed E-state index contributed by atoms with van der Waals surface area (Å²) >= 11 is 1.52. The summed E-state index contributed by atoms with van der Waals surface area (Å²) < 4.78 is 1.94. The zero-order valence-electron chi connectivity index (χ0n) is 12.5. The Kier molecular flexibility index (Phi) is 4.05. The van der Waals surface area contributed by atoms with Gasteiger partial charge in [-0.2, -0.15) is 5.10 Å². The van der Waals surface area contributed by atoms with Crippen molar-refractivity contribution in [3.05, 3.63) is 34.0 Å². The van der Waals surface area contributed by atoms with Crippen LogP contribution in [0.15, 0.2) is 18.6 Å². The predicted molar refractivity (Wildman–Crippen MR) is 82.5 cm³/mol. The Labute approximate surface area is 128 Å². The number of amides is 1. The Bertz CT molecular complexity index is 633. The van der Waals surface area contributed by atoms with Crippen molar-refractivity contribution in [2.45, 2.75) is 45.7 Å². The van der Waals surface area contributed by atoms with Crippen LogP contribution in [-0.2, 0) is 13.0 Å². The van der Waals surface area contributed by atoms with E-state index in [1.165, 1.54) is 11.3 Å². The number of hydrogen-bond acceptors (Lipinski definition) is 4. The fraction of sp³-hybridized carbons (Fsp3) is 0.533. The molecule has 0 aliphatic carbocycles. The zero-order valence-corrected chi connectivity index (χ0v) is 13.3. The number of hydrogen-bond donors (Lipinski definition) is 0. The van der Waals surface area contributed by atoms with Crippen molar-refractivity contribution in [2.75, 3.05) is 6.54 Å². The molecular formula is C15H20N4OS. The van der Waals surface area contributed by atoms with E-state index in [4.69, 9.17) is 0 Å². The maximum Gasteiger partial charge on any atom is 0.265 e. The van der Waals surface area contributed by atoms with E-state index in [2.05, 4.69) is 17.0 Å². The minimum atomic E-state index is 0.124. The van der Waals surface area contributed by atoms with Gasteiger partial charge in [-0.15, -0.1) is 11.3 Å². The van der Waals surface area contributed by atoms with E-state index in [-0.39, 0.29) is 11.9 Å². The number of rotatable bonds is 4. The van der Waals surface area contributed by atoms with Gasteiger partial charge in [0.15, 0.2) is 0 Å². The molecule has 0 saturated carbocycles. The summed E-state index contributed by atoms with van der Waals surface area (Å²) in [5, 5.41) is 5.36. The van der Waals surface area contributed by atoms with Crippen LogP contribution in [0.25, 0.3) is 0 Å². The Hall–Kier alpha value is -1.69. The molecule has 0 unspecified atom stereocenters. The topological polar surface area (TPSA) is 51.0 Å². The number of aryl methyl sites for hydroxylation is 2. The minimum absolute atomic E-state index is 0.124. The van der Waals surface area contributed by atoms with Gasteiger partial charge in [-0.05, 0) is 31.7 Å². The number of carbonyl (C=O) groups excluding carboxylic acids is 1. The highest BCUT2D eigenvalue weighted by atomic mass is 32.1. The second kappa shape index (κ2) is 5.97. The number of likely N-dealkylation sites (tertiary alicyclic amines) is 1. The normalized spacial score (nSPS) is 18.4. The molecule has 1 aliphatic rings. The highest BCUT2D eigenvalue weighted by Crippen LogP contribution is 2.24. The molecule has 21 heavy (non-hydrogen) atoms. The molecule has 0 bridgehead atoms. The number of thiazole rings is 1. The van der Waals surface area contributed by atoms with Crippen LogP contribution >= 0.6 is 11.3 Å². The lowest BCUT2D eigenvalue weighted by Gasteiger charge is -2.24. The summed E-state index contributed by atoms with van der Waals surface area (Å²) in [6.07, 6.45) is 8.61. The van der Waals surface area contributed by atoms with Gasteiger partial charge in [0, 0.05) is 12.7 Å². The molecule has 1 atom stereocenters. The molecule has 1 saturated heterocycles. The van der Waals surface area contributed by atoms with Gasteiger partial charge in [0.05, 0.1) is 30.0 Å². The van der Waals surface area contributed by atoms with E-state index in [0.29, 0.717) is 0 Å². The van der Waals surface area contributed by atoms with Gasteiger partial charge in [0.2, 0.25) is 0 Å². The van der Waals surface area contributed by atoms with E-state index in [0.717, 1.165) is 47.8 Å². The smallest absolute Gasteiger partial charge is 0.265 e. The average Bonchev–Trinajstić information content (AvgIpc) is 3.19. The van der Waals surface area contributed by atoms with Crippen molar-refractivity contribution >= 4 is 17.2 Å². The number of aromatic nitrogens is 3. The first kappa shape index (κ1) is 14.3. The van der Waals surface area contributed by atoms with Crippen molar-refractivity contribution < 1.29 is 4.79 Å². The SMILES string of the molecule is CCc1ncc(C(=O)N2CCC[C@@H]2Cn2cc(C)cn2)s1. The van der Waals surface area contributed by atoms with Crippen molar-refractivity contribution in [1.29, 1.82) is 0 Å². The lowest BCUT2D eigenvalue weighted by atomic mass is 10.2. The van der Waals surface area contributed by atoms with Crippen molar-refractivity contribution in [2.24, 2.45) is 0 Å². The quantitative estimate of drug-likeness (QED) is 0.872. The summed E-state index contributed by atoms with van der Waals surface area (Å²) in [4.78, 5) is 19.7. The Morgan fingerprint density at radius 1 is 1.48 bits per heavy atom. The third-order valence-corrected chi connectivity index (χ3v) is 4.99. The van der Waals surface area contributed by atoms with Crippen molar-refractivity contribution in [3.63, 3.8) is 0 Å². The molecule has 3 rings (SSSR count). The standard InChI is InChI=1S/C15H20N4OS/c1-3-14-16-8-13(21-14)15(20)19-6-4-5-12(19)10-18-9-11(2)7-17-18/h7-9,12H,3-6,10H2,1-2H3/t12-/m1/s1. The molecule has 2 aromatic heterocycles. The fourth-order valence-electron chi connectivity index (χ4n) is 2.79. The Morgan fingerprint density at radius 2 is 2.33 bits per heavy atom. The second-order valence-corrected chi connectivity index (χ2v) is 6.62. The van der Waals surface area contributed by atoms with Crippen LogP contribution in [0.4, 0.5) is 0 Å². The molecule has 6 heteroatoms. The monoisotopic (exact) mass is 304 g/mol. The molecule has 3 heterocycles. The van der Waals surface area contributed by atoms with Gasteiger partial charge >= 0.3 is 0 Å². The maximum atomic E-state index is 12.6. The van der Waals surface area contributed by atoms with Crippen LogP contribution in [0.3, 0.4) is 0 Å². The molecule has 0 N–H and O–H groups in total. The highest BCUT2D eigenvalue weighted by Gasteiger charge is 2.30. The minimum Gasteiger partial charge on any atom is -0.333 e. The summed E-state index contributed by atoms with van der Waals surface area (Å²) in [5.41, 5.74) is 1.15. The van der Waals surface area contributed by atoms with E-state index < -0.39 is 0 Å². The second-order valence-electron chi connectivity index (χ2n) is 5.51. The summed E-state index contributed by atoms with van der Waals surface area (Å²) in [7, 11) is 0. The van der Waals surface area contributed by atoms with Gasteiger partial charge in [-0.3, -0.25) is 9.48 Å². The largest absolute Gasteiger partial charge is 0.333 e. The van der Waals surface area contributed by atoms with Crippen LogP contribution in [-0.4, -0.2) is 38.2 Å². The van der Waals surface area contributed by atoms with Crippen LogP contribution in [0.5, 0.6) is 0 Å². The average molecular weight is 304 g/mol. The first-order chi connectivity index (χ1) is 10.2. The number of nitrogens with zero attached hydrogens (tertiary/aromatic N) is 4. The molecule has 0 aromatic carbocycles. The molecular weight excluding hydrogens is 284 g/mol. The van der Waals surface area contributed by atoms with Crippen LogP contribution in [0.2, 0.25) is 0 Å². The van der Waals surface area contributed by atoms with E-state index in [1.54, 1.807) is 6.20 Å². The van der Waals surface area contributed by atoms with E-state index in [1.807, 2.05) is 28.9 Å². The summed E-state index contributed by atoms with van der Waals surface area (Å²) in [6.45, 7) is 5.71. The lowest BCUT2D eigenvalue weighted by molar-refractivity contribution is 0.0726. The zero-order chi connectivity index (χ0) is 14.8. The van der Waals surface area contributed by atoms with Gasteiger partial charge in [0.1, 0.15) is 4.88 Å². The lowest BCUT2D eigenvalue weighted by Crippen LogP contribution is -2.37. The van der Waals surface area contributed by atoms with E-state index >= 15 is 0 Å². The van der Waals surface area contributed by atoms with E-state index in [9.17, 15) is 4.79 Å². The first-order valence-corrected chi connectivity index (χ1v) is 8.23. The van der Waals surface area contributed by atoms with Crippen LogP contribution in [0.1, 0.15) is 40.0 Å². The van der Waals surface area contributed by atoms with Gasteiger partial charge < -0.3 is 4.90 Å². The third kappa shape index (κ3) is 3.00. The molecule has 0 radical (unpaired) electrons. The summed E-state index contributed by atoms with van der Waals surface area (Å²) in [5.74, 6) is 0.124. The first-order valence-electron chi connectivity index (χ1n) is 7.42. The van der Waals surface area contributed by atoms with Gasteiger partial charge in [0.25, 0.3) is 5.91 Å². The molecule has 0 spiro atoms. The van der Waals surface area contributed by atoms with Crippen LogP contribution < -0.4 is 0 Å². The summed E-state index contributed by atoms with van der Waals surface area (Å²) in [6, 6.07) is 0.240. The Morgan fingerprint density at radius 3 is 3.00 bits per heavy atom. The molecule has 1 fully saturated rings. The predicted octanol–water partition coefficient (Wildman–Crippen LogP) is 2.52. The van der Waals surface area contributed by atoms with Crippen LogP contribution in [0, 0.1) is 6.92 Å². The van der Waals surface area contributed by atoms with Crippen molar-refractivity contribution in [1.82, 2.24) is 19.7 Å². The third-order valence-electron chi connectivity index (χ3n) is 3.86. The number of carbonyl (C=O) groups is 1. The Balaban J connectivity index is 1.72.